The first-order chi connectivity index (χ1) is 13.9. The lowest BCUT2D eigenvalue weighted by molar-refractivity contribution is -0.111. The molecule has 0 fully saturated rings. The smallest absolute Gasteiger partial charge is 0.387 e. The highest BCUT2D eigenvalue weighted by Gasteiger charge is 2.08. The number of para-hydroxylation sites is 1. The molecular formula is C21H17F2N3O3. The van der Waals surface area contributed by atoms with E-state index in [-0.39, 0.29) is 11.3 Å². The largest absolute Gasteiger partial charge is 0.434 e. The molecule has 0 aliphatic carbocycles. The zero-order valence-corrected chi connectivity index (χ0v) is 15.4. The Morgan fingerprint density at radius 3 is 2.72 bits per heavy atom. The second-order valence-corrected chi connectivity index (χ2v) is 6.06. The van der Waals surface area contributed by atoms with Crippen molar-refractivity contribution < 1.29 is 18.3 Å². The van der Waals surface area contributed by atoms with Crippen LogP contribution in [0.5, 0.6) is 5.75 Å². The van der Waals surface area contributed by atoms with Gasteiger partial charge < -0.3 is 15.0 Å². The maximum absolute atomic E-state index is 12.5. The molecule has 0 bridgehead atoms. The van der Waals surface area contributed by atoms with Gasteiger partial charge in [-0.25, -0.2) is 4.98 Å². The predicted molar refractivity (Wildman–Crippen MR) is 106 cm³/mol. The lowest BCUT2D eigenvalue weighted by Gasteiger charge is -2.08. The molecule has 148 valence electrons. The molecule has 0 unspecified atom stereocenters. The fourth-order valence-corrected chi connectivity index (χ4v) is 2.63. The monoisotopic (exact) mass is 397 g/mol. The van der Waals surface area contributed by atoms with Crippen LogP contribution in [0, 0.1) is 6.92 Å². The van der Waals surface area contributed by atoms with Crippen LogP contribution in [0.25, 0.3) is 17.5 Å². The molecule has 3 aromatic rings. The van der Waals surface area contributed by atoms with Gasteiger partial charge in [0.15, 0.2) is 0 Å². The van der Waals surface area contributed by atoms with E-state index >= 15 is 0 Å². The summed E-state index contributed by atoms with van der Waals surface area (Å²) >= 11 is 0. The van der Waals surface area contributed by atoms with Crippen molar-refractivity contribution in [2.75, 3.05) is 5.32 Å². The van der Waals surface area contributed by atoms with Gasteiger partial charge in [0.1, 0.15) is 11.6 Å². The van der Waals surface area contributed by atoms with Gasteiger partial charge in [-0.2, -0.15) is 8.78 Å². The summed E-state index contributed by atoms with van der Waals surface area (Å²) in [5.41, 5.74) is 1.76. The van der Waals surface area contributed by atoms with Crippen LogP contribution in [0.1, 0.15) is 11.3 Å². The maximum Gasteiger partial charge on any atom is 0.387 e. The number of ether oxygens (including phenoxy) is 1. The molecular weight excluding hydrogens is 380 g/mol. The number of nitrogens with one attached hydrogen (secondary N) is 2. The number of rotatable bonds is 6. The van der Waals surface area contributed by atoms with Crippen LogP contribution in [0.2, 0.25) is 0 Å². The number of carbonyl (C=O) groups is 1. The van der Waals surface area contributed by atoms with Crippen molar-refractivity contribution in [2.45, 2.75) is 13.5 Å². The Kier molecular flexibility index (Phi) is 6.13. The van der Waals surface area contributed by atoms with Gasteiger partial charge >= 0.3 is 6.61 Å². The number of aromatic nitrogens is 2. The number of hydrogen-bond acceptors (Lipinski definition) is 4. The number of aryl methyl sites for hydroxylation is 1. The second-order valence-electron chi connectivity index (χ2n) is 6.06. The molecule has 0 aliphatic rings. The number of halogens is 2. The van der Waals surface area contributed by atoms with Gasteiger partial charge in [0.05, 0.1) is 0 Å². The Morgan fingerprint density at radius 1 is 1.17 bits per heavy atom. The minimum absolute atomic E-state index is 0.0250. The molecule has 0 radical (unpaired) electrons. The predicted octanol–water partition coefficient (Wildman–Crippen LogP) is 4.00. The van der Waals surface area contributed by atoms with Crippen LogP contribution in [0.3, 0.4) is 0 Å². The van der Waals surface area contributed by atoms with E-state index in [0.717, 1.165) is 0 Å². The maximum atomic E-state index is 12.5. The summed E-state index contributed by atoms with van der Waals surface area (Å²) in [6.07, 6.45) is 2.60. The van der Waals surface area contributed by atoms with E-state index in [1.165, 1.54) is 24.3 Å². The second kappa shape index (κ2) is 8.92. The van der Waals surface area contributed by atoms with Gasteiger partial charge in [-0.05, 0) is 31.2 Å². The number of hydrogen-bond donors (Lipinski definition) is 2. The lowest BCUT2D eigenvalue weighted by Crippen LogP contribution is -2.10. The van der Waals surface area contributed by atoms with E-state index in [9.17, 15) is 18.4 Å². The van der Waals surface area contributed by atoms with E-state index in [2.05, 4.69) is 20.0 Å². The minimum atomic E-state index is -2.96. The summed E-state index contributed by atoms with van der Waals surface area (Å²) in [5.74, 6) is -0.0950. The van der Waals surface area contributed by atoms with E-state index in [0.29, 0.717) is 28.3 Å². The number of H-pyrrole nitrogens is 1. The minimum Gasteiger partial charge on any atom is -0.434 e. The highest BCUT2D eigenvalue weighted by atomic mass is 19.3. The molecule has 1 amide bonds. The van der Waals surface area contributed by atoms with Gasteiger partial charge in [0.25, 0.3) is 5.56 Å². The standard InChI is InChI=1S/C21H17F2N3O3/c1-13-11-19(28)26-20(24-13)15-6-4-7-16(12-15)25-18(27)10-9-14-5-2-3-8-17(14)29-21(22)23/h2-12,21H,1H3,(H,25,27)(H,24,26,28)/b10-9+. The number of alkyl halides is 2. The Labute approximate surface area is 164 Å². The van der Waals surface area contributed by atoms with Gasteiger partial charge in [0.2, 0.25) is 5.91 Å². The van der Waals surface area contributed by atoms with Crippen LogP contribution in [0.4, 0.5) is 14.5 Å². The number of benzene rings is 2. The molecule has 0 spiro atoms. The molecule has 0 saturated heterocycles. The van der Waals surface area contributed by atoms with Crippen LogP contribution in [-0.4, -0.2) is 22.5 Å². The molecule has 0 saturated carbocycles. The van der Waals surface area contributed by atoms with Gasteiger partial charge in [0, 0.05) is 34.7 Å². The molecule has 0 atom stereocenters. The van der Waals surface area contributed by atoms with E-state index in [1.54, 1.807) is 49.4 Å². The summed E-state index contributed by atoms with van der Waals surface area (Å²) in [4.78, 5) is 30.8. The Bertz CT molecular complexity index is 1110. The van der Waals surface area contributed by atoms with Crippen molar-refractivity contribution in [3.8, 4) is 17.1 Å². The summed E-state index contributed by atoms with van der Waals surface area (Å²) in [6, 6.07) is 14.3. The van der Waals surface area contributed by atoms with Crippen molar-refractivity contribution in [3.05, 3.63) is 82.3 Å². The van der Waals surface area contributed by atoms with Gasteiger partial charge in [-0.3, -0.25) is 9.59 Å². The first kappa shape index (κ1) is 19.9. The third-order valence-corrected chi connectivity index (χ3v) is 3.82. The van der Waals surface area contributed by atoms with Gasteiger partial charge in [-0.15, -0.1) is 0 Å². The summed E-state index contributed by atoms with van der Waals surface area (Å²) in [5, 5.41) is 2.68. The van der Waals surface area contributed by atoms with E-state index in [4.69, 9.17) is 0 Å². The highest BCUT2D eigenvalue weighted by molar-refractivity contribution is 6.02. The van der Waals surface area contributed by atoms with Crippen molar-refractivity contribution in [3.63, 3.8) is 0 Å². The molecule has 1 aromatic heterocycles. The molecule has 6 nitrogen and oxygen atoms in total. The third-order valence-electron chi connectivity index (χ3n) is 3.82. The Morgan fingerprint density at radius 2 is 1.97 bits per heavy atom. The molecule has 8 heteroatoms. The molecule has 29 heavy (non-hydrogen) atoms. The van der Waals surface area contributed by atoms with Crippen molar-refractivity contribution in [1.29, 1.82) is 0 Å². The SMILES string of the molecule is Cc1cc(=O)[nH]c(-c2cccc(NC(=O)/C=C/c3ccccc3OC(F)F)c2)n1. The zero-order valence-electron chi connectivity index (χ0n) is 15.4. The molecule has 0 aliphatic heterocycles. The molecule has 2 aromatic carbocycles. The van der Waals surface area contributed by atoms with Gasteiger partial charge in [-0.1, -0.05) is 30.3 Å². The lowest BCUT2D eigenvalue weighted by atomic mass is 10.1. The number of anilines is 1. The van der Waals surface area contributed by atoms with E-state index in [1.807, 2.05) is 0 Å². The van der Waals surface area contributed by atoms with Crippen molar-refractivity contribution in [2.24, 2.45) is 0 Å². The number of nitrogens with zero attached hydrogens (tertiary/aromatic N) is 1. The topological polar surface area (TPSA) is 84.1 Å². The van der Waals surface area contributed by atoms with Crippen molar-refractivity contribution >= 4 is 17.7 Å². The Hall–Kier alpha value is -3.81. The summed E-state index contributed by atoms with van der Waals surface area (Å²) in [6.45, 7) is -1.24. The fourth-order valence-electron chi connectivity index (χ4n) is 2.63. The number of amides is 1. The molecule has 2 N–H and O–H groups in total. The van der Waals surface area contributed by atoms with Crippen LogP contribution < -0.4 is 15.6 Å². The van der Waals surface area contributed by atoms with Crippen LogP contribution in [0.15, 0.2) is 65.5 Å². The zero-order chi connectivity index (χ0) is 20.8. The first-order valence-corrected chi connectivity index (χ1v) is 8.62. The first-order valence-electron chi connectivity index (χ1n) is 8.62. The molecule has 1 heterocycles. The highest BCUT2D eigenvalue weighted by Crippen LogP contribution is 2.22. The van der Waals surface area contributed by atoms with Crippen LogP contribution >= 0.6 is 0 Å². The summed E-state index contributed by atoms with van der Waals surface area (Å²) in [7, 11) is 0. The van der Waals surface area contributed by atoms with Crippen molar-refractivity contribution in [1.82, 2.24) is 9.97 Å². The quantitative estimate of drug-likeness (QED) is 0.616. The average Bonchev–Trinajstić information content (AvgIpc) is 2.66. The number of carbonyl (C=O) groups excluding carboxylic acids is 1. The third kappa shape index (κ3) is 5.58. The normalized spacial score (nSPS) is 11.0. The van der Waals surface area contributed by atoms with Crippen LogP contribution in [-0.2, 0) is 4.79 Å². The Balaban J connectivity index is 1.75. The molecule has 3 rings (SSSR count). The average molecular weight is 397 g/mol. The fraction of sp³-hybridized carbons (Fsp3) is 0.0952. The summed E-state index contributed by atoms with van der Waals surface area (Å²) < 4.78 is 29.4. The number of aromatic amines is 1. The van der Waals surface area contributed by atoms with E-state index < -0.39 is 12.5 Å².